The maximum atomic E-state index is 12.1. The highest BCUT2D eigenvalue weighted by molar-refractivity contribution is 7.89. The summed E-state index contributed by atoms with van der Waals surface area (Å²) in [6.07, 6.45) is 2.43. The predicted molar refractivity (Wildman–Crippen MR) is 77.7 cm³/mol. The molecule has 1 atom stereocenters. The van der Waals surface area contributed by atoms with E-state index < -0.39 is 16.0 Å². The van der Waals surface area contributed by atoms with Crippen molar-refractivity contribution in [3.8, 4) is 0 Å². The number of carboxylic acid groups (broad SMARTS) is 1. The monoisotopic (exact) mass is 310 g/mol. The zero-order valence-corrected chi connectivity index (χ0v) is 12.3. The van der Waals surface area contributed by atoms with Crippen LogP contribution in [0.1, 0.15) is 19.3 Å². The van der Waals surface area contributed by atoms with Crippen molar-refractivity contribution < 1.29 is 18.3 Å². The Labute approximate surface area is 123 Å². The van der Waals surface area contributed by atoms with Gasteiger partial charge in [0.25, 0.3) is 0 Å². The van der Waals surface area contributed by atoms with Crippen molar-refractivity contribution in [1.29, 1.82) is 0 Å². The SMILES string of the molecule is O=C(O)C1CCN(c2ccc(S(=O)(=O)NC3CC3)cc2)C1. The van der Waals surface area contributed by atoms with Gasteiger partial charge >= 0.3 is 5.97 Å². The predicted octanol–water partition coefficient (Wildman–Crippen LogP) is 1.04. The van der Waals surface area contributed by atoms with E-state index in [1.165, 1.54) is 0 Å². The van der Waals surface area contributed by atoms with Crippen molar-refractivity contribution in [3.05, 3.63) is 24.3 Å². The number of nitrogens with one attached hydrogen (secondary N) is 1. The van der Waals surface area contributed by atoms with Crippen LogP contribution in [0.3, 0.4) is 0 Å². The molecule has 114 valence electrons. The van der Waals surface area contributed by atoms with Crippen molar-refractivity contribution in [2.45, 2.75) is 30.2 Å². The van der Waals surface area contributed by atoms with Gasteiger partial charge in [-0.15, -0.1) is 0 Å². The molecule has 7 heteroatoms. The molecule has 0 amide bonds. The Morgan fingerprint density at radius 3 is 2.38 bits per heavy atom. The number of rotatable bonds is 5. The Hall–Kier alpha value is -1.60. The van der Waals surface area contributed by atoms with Crippen LogP contribution in [-0.4, -0.2) is 38.6 Å². The largest absolute Gasteiger partial charge is 0.481 e. The summed E-state index contributed by atoms with van der Waals surface area (Å²) in [6.45, 7) is 1.16. The quantitative estimate of drug-likeness (QED) is 0.848. The zero-order chi connectivity index (χ0) is 15.0. The van der Waals surface area contributed by atoms with Crippen LogP contribution in [-0.2, 0) is 14.8 Å². The maximum Gasteiger partial charge on any atom is 0.308 e. The number of sulfonamides is 1. The second kappa shape index (κ2) is 5.31. The fourth-order valence-corrected chi connectivity index (χ4v) is 3.83. The van der Waals surface area contributed by atoms with Gasteiger partial charge in [0.15, 0.2) is 0 Å². The maximum absolute atomic E-state index is 12.1. The standard InChI is InChI=1S/C14H18N2O4S/c17-14(18)10-7-8-16(9-10)12-3-5-13(6-4-12)21(19,20)15-11-1-2-11/h3-6,10-11,15H,1-2,7-9H2,(H,17,18). The molecule has 1 aliphatic heterocycles. The molecule has 1 aromatic rings. The first-order chi connectivity index (χ1) is 9.95. The van der Waals surface area contributed by atoms with E-state index in [2.05, 4.69) is 4.72 Å². The number of aliphatic carboxylic acids is 1. The summed E-state index contributed by atoms with van der Waals surface area (Å²) in [5, 5.41) is 9.00. The van der Waals surface area contributed by atoms with Gasteiger partial charge < -0.3 is 10.0 Å². The average molecular weight is 310 g/mol. The first-order valence-electron chi connectivity index (χ1n) is 7.06. The number of hydrogen-bond acceptors (Lipinski definition) is 4. The van der Waals surface area contributed by atoms with E-state index in [0.29, 0.717) is 19.5 Å². The van der Waals surface area contributed by atoms with Gasteiger partial charge in [-0.05, 0) is 43.5 Å². The van der Waals surface area contributed by atoms with Gasteiger partial charge in [-0.2, -0.15) is 0 Å². The molecule has 2 fully saturated rings. The Morgan fingerprint density at radius 2 is 1.86 bits per heavy atom. The summed E-state index contributed by atoms with van der Waals surface area (Å²) >= 11 is 0. The molecule has 2 aliphatic rings. The van der Waals surface area contributed by atoms with Gasteiger partial charge in [0.05, 0.1) is 10.8 Å². The fourth-order valence-electron chi connectivity index (χ4n) is 2.52. The average Bonchev–Trinajstić information content (AvgIpc) is 3.09. The van der Waals surface area contributed by atoms with Crippen molar-refractivity contribution in [2.24, 2.45) is 5.92 Å². The van der Waals surface area contributed by atoms with E-state index in [1.54, 1.807) is 24.3 Å². The third-order valence-electron chi connectivity index (χ3n) is 3.95. The molecule has 3 rings (SSSR count). The Balaban J connectivity index is 1.71. The lowest BCUT2D eigenvalue weighted by Gasteiger charge is -2.18. The summed E-state index contributed by atoms with van der Waals surface area (Å²) in [5.74, 6) is -1.12. The van der Waals surface area contributed by atoms with Crippen LogP contribution >= 0.6 is 0 Å². The number of carboxylic acids is 1. The van der Waals surface area contributed by atoms with E-state index in [1.807, 2.05) is 4.90 Å². The van der Waals surface area contributed by atoms with Gasteiger partial charge in [0.1, 0.15) is 0 Å². The topological polar surface area (TPSA) is 86.7 Å². The van der Waals surface area contributed by atoms with Crippen LogP contribution in [0.4, 0.5) is 5.69 Å². The normalized spacial score (nSPS) is 22.5. The Kier molecular flexibility index (Phi) is 3.62. The minimum absolute atomic E-state index is 0.0876. The molecular formula is C14H18N2O4S. The third-order valence-corrected chi connectivity index (χ3v) is 5.49. The molecule has 1 saturated heterocycles. The van der Waals surface area contributed by atoms with E-state index >= 15 is 0 Å². The molecule has 1 heterocycles. The molecule has 1 unspecified atom stereocenters. The molecule has 1 saturated carbocycles. The minimum Gasteiger partial charge on any atom is -0.481 e. The van der Waals surface area contributed by atoms with Gasteiger partial charge in [-0.3, -0.25) is 4.79 Å². The van der Waals surface area contributed by atoms with E-state index in [9.17, 15) is 13.2 Å². The third kappa shape index (κ3) is 3.19. The number of carbonyl (C=O) groups is 1. The lowest BCUT2D eigenvalue weighted by atomic mass is 10.1. The summed E-state index contributed by atoms with van der Waals surface area (Å²) in [5.41, 5.74) is 0.865. The molecule has 0 aromatic heterocycles. The first kappa shape index (κ1) is 14.3. The lowest BCUT2D eigenvalue weighted by Crippen LogP contribution is -2.26. The summed E-state index contributed by atoms with van der Waals surface area (Å²) in [6, 6.07) is 6.73. The summed E-state index contributed by atoms with van der Waals surface area (Å²) in [4.78, 5) is 13.2. The number of benzene rings is 1. The number of anilines is 1. The molecule has 0 spiro atoms. The minimum atomic E-state index is -3.42. The van der Waals surface area contributed by atoms with Gasteiger partial charge in [-0.25, -0.2) is 13.1 Å². The van der Waals surface area contributed by atoms with Crippen molar-refractivity contribution >= 4 is 21.7 Å². The highest BCUT2D eigenvalue weighted by atomic mass is 32.2. The van der Waals surface area contributed by atoms with Crippen molar-refractivity contribution in [2.75, 3.05) is 18.0 Å². The van der Waals surface area contributed by atoms with Crippen molar-refractivity contribution in [3.63, 3.8) is 0 Å². The van der Waals surface area contributed by atoms with Gasteiger partial charge in [0, 0.05) is 24.8 Å². The highest BCUT2D eigenvalue weighted by Crippen LogP contribution is 2.26. The Morgan fingerprint density at radius 1 is 1.19 bits per heavy atom. The summed E-state index contributed by atoms with van der Waals surface area (Å²) < 4.78 is 26.7. The number of nitrogens with zero attached hydrogens (tertiary/aromatic N) is 1. The Bertz CT molecular complexity index is 637. The number of hydrogen-bond donors (Lipinski definition) is 2. The molecule has 1 aliphatic carbocycles. The van der Waals surface area contributed by atoms with Crippen LogP contribution in [0.2, 0.25) is 0 Å². The van der Waals surface area contributed by atoms with E-state index in [0.717, 1.165) is 18.5 Å². The zero-order valence-electron chi connectivity index (χ0n) is 11.5. The van der Waals surface area contributed by atoms with Crippen LogP contribution in [0.25, 0.3) is 0 Å². The van der Waals surface area contributed by atoms with Crippen LogP contribution < -0.4 is 9.62 Å². The first-order valence-corrected chi connectivity index (χ1v) is 8.54. The second-order valence-corrected chi connectivity index (χ2v) is 7.37. The van der Waals surface area contributed by atoms with E-state index in [4.69, 9.17) is 5.11 Å². The van der Waals surface area contributed by atoms with Crippen LogP contribution in [0.15, 0.2) is 29.2 Å². The van der Waals surface area contributed by atoms with E-state index in [-0.39, 0.29) is 16.9 Å². The lowest BCUT2D eigenvalue weighted by molar-refractivity contribution is -0.140. The molecule has 0 bridgehead atoms. The molecule has 0 radical (unpaired) electrons. The summed E-state index contributed by atoms with van der Waals surface area (Å²) in [7, 11) is -3.42. The molecular weight excluding hydrogens is 292 g/mol. The fraction of sp³-hybridized carbons (Fsp3) is 0.500. The second-order valence-electron chi connectivity index (χ2n) is 5.66. The molecule has 2 N–H and O–H groups in total. The smallest absolute Gasteiger partial charge is 0.308 e. The van der Waals surface area contributed by atoms with Gasteiger partial charge in [0.2, 0.25) is 10.0 Å². The molecule has 21 heavy (non-hydrogen) atoms. The van der Waals surface area contributed by atoms with Crippen molar-refractivity contribution in [1.82, 2.24) is 4.72 Å². The molecule has 6 nitrogen and oxygen atoms in total. The van der Waals surface area contributed by atoms with Gasteiger partial charge in [-0.1, -0.05) is 0 Å². The molecule has 1 aromatic carbocycles. The van der Waals surface area contributed by atoms with Crippen LogP contribution in [0.5, 0.6) is 0 Å². The highest BCUT2D eigenvalue weighted by Gasteiger charge is 2.29. The van der Waals surface area contributed by atoms with Crippen LogP contribution in [0, 0.1) is 5.92 Å².